The molecule has 0 bridgehead atoms. The molecule has 1 aliphatic rings. The normalized spacial score (nSPS) is 23.2. The number of aromatic nitrogens is 3. The quantitative estimate of drug-likeness (QED) is 0.902. The Kier molecular flexibility index (Phi) is 3.97. The van der Waals surface area contributed by atoms with Gasteiger partial charge >= 0.3 is 0 Å². The van der Waals surface area contributed by atoms with Crippen molar-refractivity contribution in [1.82, 2.24) is 14.8 Å². The molecule has 0 saturated heterocycles. The molecule has 2 rings (SSSR count). The van der Waals surface area contributed by atoms with Crippen LogP contribution in [0.4, 0.5) is 0 Å². The van der Waals surface area contributed by atoms with E-state index < -0.39 is 11.7 Å². The highest BCUT2D eigenvalue weighted by atomic mass is 16.5. The van der Waals surface area contributed by atoms with Crippen LogP contribution in [0.1, 0.15) is 45.4 Å². The summed E-state index contributed by atoms with van der Waals surface area (Å²) in [4.78, 5) is 4.18. The second-order valence-electron chi connectivity index (χ2n) is 6.45. The van der Waals surface area contributed by atoms with E-state index in [-0.39, 0.29) is 0 Å². The summed E-state index contributed by atoms with van der Waals surface area (Å²) in [5.41, 5.74) is -0.0754. The van der Waals surface area contributed by atoms with E-state index >= 15 is 0 Å². The molecule has 1 saturated carbocycles. The molecule has 19 heavy (non-hydrogen) atoms. The monoisotopic (exact) mass is 267 g/mol. The van der Waals surface area contributed by atoms with Crippen molar-refractivity contribution in [1.29, 1.82) is 0 Å². The Labute approximate surface area is 115 Å². The highest BCUT2D eigenvalue weighted by molar-refractivity contribution is 4.99. The Morgan fingerprint density at radius 2 is 2.00 bits per heavy atom. The van der Waals surface area contributed by atoms with Gasteiger partial charge in [-0.15, -0.1) is 0 Å². The van der Waals surface area contributed by atoms with E-state index in [1.165, 1.54) is 6.33 Å². The van der Waals surface area contributed by atoms with E-state index in [0.717, 1.165) is 31.5 Å². The minimum absolute atomic E-state index is 0.354. The molecule has 1 atom stereocenters. The van der Waals surface area contributed by atoms with Gasteiger partial charge in [0.15, 0.2) is 0 Å². The smallest absolute Gasteiger partial charge is 0.138 e. The van der Waals surface area contributed by atoms with Gasteiger partial charge in [-0.3, -0.25) is 4.68 Å². The van der Waals surface area contributed by atoms with Gasteiger partial charge in [0.1, 0.15) is 12.2 Å². The van der Waals surface area contributed by atoms with Crippen LogP contribution in [-0.2, 0) is 18.2 Å². The van der Waals surface area contributed by atoms with Gasteiger partial charge in [-0.05, 0) is 31.1 Å². The van der Waals surface area contributed by atoms with Crippen LogP contribution >= 0.6 is 0 Å². The van der Waals surface area contributed by atoms with Crippen molar-refractivity contribution >= 4 is 0 Å². The fraction of sp³-hybridized carbons (Fsp3) is 0.857. The number of nitrogens with zero attached hydrogens (tertiary/aromatic N) is 3. The summed E-state index contributed by atoms with van der Waals surface area (Å²) in [6.07, 6.45) is 5.44. The zero-order valence-electron chi connectivity index (χ0n) is 12.4. The van der Waals surface area contributed by atoms with E-state index in [9.17, 15) is 5.11 Å². The van der Waals surface area contributed by atoms with Gasteiger partial charge in [0.2, 0.25) is 0 Å². The van der Waals surface area contributed by atoms with Crippen molar-refractivity contribution < 1.29 is 9.84 Å². The van der Waals surface area contributed by atoms with Crippen LogP contribution in [0.15, 0.2) is 6.33 Å². The highest BCUT2D eigenvalue weighted by Crippen LogP contribution is 2.43. The van der Waals surface area contributed by atoms with Gasteiger partial charge in [-0.2, -0.15) is 5.10 Å². The van der Waals surface area contributed by atoms with Crippen LogP contribution in [0, 0.1) is 5.41 Å². The molecule has 1 aromatic rings. The Morgan fingerprint density at radius 1 is 1.37 bits per heavy atom. The first-order valence-corrected chi connectivity index (χ1v) is 6.95. The lowest BCUT2D eigenvalue weighted by Gasteiger charge is -2.45. The van der Waals surface area contributed by atoms with Gasteiger partial charge < -0.3 is 9.84 Å². The molecule has 1 unspecified atom stereocenters. The summed E-state index contributed by atoms with van der Waals surface area (Å²) in [6.45, 7) is 4.56. The molecule has 0 amide bonds. The molecule has 0 aliphatic heterocycles. The van der Waals surface area contributed by atoms with Gasteiger partial charge in [0.25, 0.3) is 0 Å². The summed E-state index contributed by atoms with van der Waals surface area (Å²) in [7, 11) is 3.55. The van der Waals surface area contributed by atoms with E-state index in [0.29, 0.717) is 11.8 Å². The number of aliphatic hydroxyl groups excluding tert-OH is 1. The first-order valence-electron chi connectivity index (χ1n) is 6.95. The molecule has 1 fully saturated rings. The SMILES string of the molecule is COC1(C(O)Cc2ncnn2C)CCC(C)(C)CC1. The molecular formula is C14H25N3O2. The summed E-state index contributed by atoms with van der Waals surface area (Å²) in [5, 5.41) is 14.6. The van der Waals surface area contributed by atoms with Crippen molar-refractivity contribution in [3.05, 3.63) is 12.2 Å². The lowest BCUT2D eigenvalue weighted by molar-refractivity contribution is -0.136. The number of aryl methyl sites for hydroxylation is 1. The predicted octanol–water partition coefficient (Wildman–Crippen LogP) is 1.70. The third-order valence-corrected chi connectivity index (χ3v) is 4.64. The Morgan fingerprint density at radius 3 is 2.47 bits per heavy atom. The first-order chi connectivity index (χ1) is 8.88. The van der Waals surface area contributed by atoms with E-state index in [4.69, 9.17) is 4.74 Å². The van der Waals surface area contributed by atoms with E-state index in [1.54, 1.807) is 11.8 Å². The van der Waals surface area contributed by atoms with Crippen LogP contribution in [0.5, 0.6) is 0 Å². The van der Waals surface area contributed by atoms with E-state index in [1.807, 2.05) is 7.05 Å². The largest absolute Gasteiger partial charge is 0.390 e. The second kappa shape index (κ2) is 5.21. The van der Waals surface area contributed by atoms with Crippen molar-refractivity contribution in [3.8, 4) is 0 Å². The van der Waals surface area contributed by atoms with Crippen LogP contribution in [0.25, 0.3) is 0 Å². The average Bonchev–Trinajstić information content (AvgIpc) is 2.76. The number of rotatable bonds is 4. The first kappa shape index (κ1) is 14.5. The standard InChI is InChI=1S/C14H25N3O2/c1-13(2)5-7-14(19-4,8-6-13)11(18)9-12-15-10-16-17(12)3/h10-11,18H,5-9H2,1-4H3. The zero-order valence-corrected chi connectivity index (χ0v) is 12.4. The van der Waals surface area contributed by atoms with Crippen LogP contribution in [0.3, 0.4) is 0 Å². The average molecular weight is 267 g/mol. The van der Waals surface area contributed by atoms with Crippen molar-refractivity contribution in [2.75, 3.05) is 7.11 Å². The lowest BCUT2D eigenvalue weighted by Crippen LogP contribution is -2.49. The summed E-state index contributed by atoms with van der Waals surface area (Å²) in [6, 6.07) is 0. The Balaban J connectivity index is 2.07. The van der Waals surface area contributed by atoms with Crippen LogP contribution in [0.2, 0.25) is 0 Å². The van der Waals surface area contributed by atoms with Crippen molar-refractivity contribution in [3.63, 3.8) is 0 Å². The maximum atomic E-state index is 10.6. The van der Waals surface area contributed by atoms with Crippen LogP contribution in [-0.4, -0.2) is 38.7 Å². The number of methoxy groups -OCH3 is 1. The maximum Gasteiger partial charge on any atom is 0.138 e. The van der Waals surface area contributed by atoms with Crippen molar-refractivity contribution in [2.45, 2.75) is 57.7 Å². The highest BCUT2D eigenvalue weighted by Gasteiger charge is 2.44. The summed E-state index contributed by atoms with van der Waals surface area (Å²) >= 11 is 0. The summed E-state index contributed by atoms with van der Waals surface area (Å²) < 4.78 is 7.42. The van der Waals surface area contributed by atoms with Crippen LogP contribution < -0.4 is 0 Å². The molecule has 1 heterocycles. The molecule has 0 radical (unpaired) electrons. The van der Waals surface area contributed by atoms with Gasteiger partial charge in [0.05, 0.1) is 11.7 Å². The molecule has 0 aromatic carbocycles. The second-order valence-corrected chi connectivity index (χ2v) is 6.45. The number of hydrogen-bond acceptors (Lipinski definition) is 4. The maximum absolute atomic E-state index is 10.6. The minimum atomic E-state index is -0.531. The molecular weight excluding hydrogens is 242 g/mol. The molecule has 1 N–H and O–H groups in total. The molecule has 5 nitrogen and oxygen atoms in total. The number of aliphatic hydroxyl groups is 1. The lowest BCUT2D eigenvalue weighted by atomic mass is 9.68. The number of hydrogen-bond donors (Lipinski definition) is 1. The fourth-order valence-corrected chi connectivity index (χ4v) is 2.89. The third-order valence-electron chi connectivity index (χ3n) is 4.64. The van der Waals surface area contributed by atoms with Gasteiger partial charge in [-0.25, -0.2) is 4.98 Å². The molecule has 5 heteroatoms. The minimum Gasteiger partial charge on any atom is -0.390 e. The predicted molar refractivity (Wildman–Crippen MR) is 72.7 cm³/mol. The van der Waals surface area contributed by atoms with E-state index in [2.05, 4.69) is 23.9 Å². The fourth-order valence-electron chi connectivity index (χ4n) is 2.89. The number of ether oxygens (including phenoxy) is 1. The summed E-state index contributed by atoms with van der Waals surface area (Å²) in [5.74, 6) is 0.800. The molecule has 108 valence electrons. The zero-order chi connectivity index (χ0) is 14.1. The van der Waals surface area contributed by atoms with Gasteiger partial charge in [0, 0.05) is 20.6 Å². The Hall–Kier alpha value is -0.940. The topological polar surface area (TPSA) is 60.2 Å². The van der Waals surface area contributed by atoms with Crippen molar-refractivity contribution in [2.24, 2.45) is 12.5 Å². The molecule has 1 aromatic heterocycles. The molecule has 1 aliphatic carbocycles. The van der Waals surface area contributed by atoms with Gasteiger partial charge in [-0.1, -0.05) is 13.8 Å². The molecule has 0 spiro atoms. The third kappa shape index (κ3) is 2.98. The Bertz CT molecular complexity index is 418.